The van der Waals surface area contributed by atoms with Crippen molar-refractivity contribution >= 4 is 42.5 Å². The summed E-state index contributed by atoms with van der Waals surface area (Å²) in [6, 6.07) is 0. The van der Waals surface area contributed by atoms with Crippen LogP contribution in [0.25, 0.3) is 0 Å². The van der Waals surface area contributed by atoms with Gasteiger partial charge < -0.3 is 16.4 Å². The average molecular weight is 353 g/mol. The summed E-state index contributed by atoms with van der Waals surface area (Å²) in [4.78, 5) is 0. The molecule has 0 aromatic heterocycles. The third-order valence-corrected chi connectivity index (χ3v) is 0. The molecule has 0 aromatic rings. The van der Waals surface area contributed by atoms with Gasteiger partial charge in [0, 0.05) is 0 Å². The first-order valence-electron chi connectivity index (χ1n) is 0.378. The Kier molecular flexibility index (Phi) is 51.9. The van der Waals surface area contributed by atoms with E-state index in [2.05, 4.69) is 42.5 Å². The minimum absolute atomic E-state index is 0. The molecule has 0 aliphatic rings. The fourth-order valence-corrected chi connectivity index (χ4v) is 0. The minimum atomic E-state index is -0.167. The predicted molar refractivity (Wildman–Crippen MR) is 37.6 cm³/mol. The predicted octanol–water partition coefficient (Wildman–Crippen LogP) is 0.0602. The van der Waals surface area contributed by atoms with Crippen LogP contribution in [0.3, 0.4) is 0 Å². The quantitative estimate of drug-likeness (QED) is 0.589. The van der Waals surface area contributed by atoms with Crippen LogP contribution in [0.2, 0.25) is 0 Å². The van der Waals surface area contributed by atoms with Gasteiger partial charge in [-0.1, -0.05) is 0 Å². The maximum absolute atomic E-state index is 3.17. The van der Waals surface area contributed by atoms with Crippen LogP contribution in [0.15, 0.2) is 0 Å². The zero-order chi connectivity index (χ0) is 3.58. The van der Waals surface area contributed by atoms with Crippen LogP contribution in [-0.2, 0) is 8.29 Å². The van der Waals surface area contributed by atoms with E-state index in [9.17, 15) is 0 Å². The van der Waals surface area contributed by atoms with E-state index in [1.165, 1.54) is 0 Å². The van der Waals surface area contributed by atoms with Crippen molar-refractivity contribution in [3.05, 3.63) is 0 Å². The van der Waals surface area contributed by atoms with Crippen molar-refractivity contribution in [2.45, 2.75) is 0 Å². The van der Waals surface area contributed by atoms with Crippen LogP contribution < -0.4 is 0 Å². The summed E-state index contributed by atoms with van der Waals surface area (Å²) in [6.07, 6.45) is 0. The van der Waals surface area contributed by atoms with Gasteiger partial charge in [0.2, 0.25) is 0 Å². The number of halogens is 3. The molecule has 3 nitrogen and oxygen atoms in total. The van der Waals surface area contributed by atoms with Crippen LogP contribution in [0.5, 0.6) is 0 Å². The fourth-order valence-electron chi connectivity index (χ4n) is 0. The molecule has 0 aliphatic carbocycles. The Labute approximate surface area is 66.7 Å². The zero-order valence-corrected chi connectivity index (χ0v) is 8.77. The van der Waals surface area contributed by atoms with E-state index < -0.39 is 0 Å². The Morgan fingerprint density at radius 2 is 0.714 bits per heavy atom. The number of hydrogen-bond acceptors (Lipinski definition) is 0. The van der Waals surface area contributed by atoms with E-state index in [1.54, 1.807) is 0 Å². The SMILES string of the molecule is O.O.O.[Br][Co]([Br])[Br]. The van der Waals surface area contributed by atoms with Crippen LogP contribution in [0, 0.1) is 0 Å². The average Bonchev–Trinajstić information content (AvgIpc) is 0.811. The van der Waals surface area contributed by atoms with E-state index in [4.69, 9.17) is 0 Å². The van der Waals surface area contributed by atoms with Gasteiger partial charge in [0.05, 0.1) is 0 Å². The Morgan fingerprint density at radius 1 is 0.714 bits per heavy atom. The van der Waals surface area contributed by atoms with Gasteiger partial charge in [-0.2, -0.15) is 0 Å². The molecule has 0 bridgehead atoms. The van der Waals surface area contributed by atoms with Crippen LogP contribution in [0.4, 0.5) is 0 Å². The molecular formula is H6Br3CoO3. The zero-order valence-electron chi connectivity index (χ0n) is 2.97. The monoisotopic (exact) mass is 350 g/mol. The number of hydrogen-bond donors (Lipinski definition) is 0. The van der Waals surface area contributed by atoms with Gasteiger partial charge >= 0.3 is 50.8 Å². The summed E-state index contributed by atoms with van der Waals surface area (Å²) < 4.78 is 0. The van der Waals surface area contributed by atoms with Gasteiger partial charge in [-0.05, 0) is 0 Å². The molecule has 0 spiro atoms. The summed E-state index contributed by atoms with van der Waals surface area (Å²) >= 11 is 9.50. The van der Waals surface area contributed by atoms with Gasteiger partial charge in [-0.15, -0.1) is 0 Å². The second kappa shape index (κ2) is 15.7. The molecule has 0 unspecified atom stereocenters. The summed E-state index contributed by atoms with van der Waals surface area (Å²) in [5.41, 5.74) is 0. The molecule has 0 saturated heterocycles. The third kappa shape index (κ3) is 79.6. The molecule has 0 fully saturated rings. The first-order valence-corrected chi connectivity index (χ1v) is 8.10. The molecule has 7 heavy (non-hydrogen) atoms. The molecule has 54 valence electrons. The standard InChI is InChI=1S/3BrH.Co.3H2O/h3*1H;;3*1H2/q;;;+3;;;/p-3. The molecule has 0 heterocycles. The summed E-state index contributed by atoms with van der Waals surface area (Å²) in [7, 11) is -0.167. The maximum atomic E-state index is 3.17. The van der Waals surface area contributed by atoms with Gasteiger partial charge in [0.25, 0.3) is 0 Å². The van der Waals surface area contributed by atoms with E-state index in [0.717, 1.165) is 0 Å². The Morgan fingerprint density at radius 3 is 0.714 bits per heavy atom. The molecule has 0 amide bonds. The fraction of sp³-hybridized carbons (Fsp3) is 0. The van der Waals surface area contributed by atoms with Crippen molar-refractivity contribution in [2.24, 2.45) is 0 Å². The molecule has 0 aromatic carbocycles. The van der Waals surface area contributed by atoms with Crippen molar-refractivity contribution < 1.29 is 24.7 Å². The first-order chi connectivity index (χ1) is 1.73. The van der Waals surface area contributed by atoms with E-state index in [1.807, 2.05) is 0 Å². The van der Waals surface area contributed by atoms with Crippen LogP contribution in [0.1, 0.15) is 0 Å². The van der Waals surface area contributed by atoms with E-state index in [0.29, 0.717) is 0 Å². The number of rotatable bonds is 0. The van der Waals surface area contributed by atoms with Gasteiger partial charge in [-0.3, -0.25) is 0 Å². The van der Waals surface area contributed by atoms with Crippen molar-refractivity contribution in [1.82, 2.24) is 0 Å². The molecule has 0 atom stereocenters. The van der Waals surface area contributed by atoms with Crippen LogP contribution >= 0.6 is 42.5 Å². The van der Waals surface area contributed by atoms with E-state index in [-0.39, 0.29) is 24.7 Å². The van der Waals surface area contributed by atoms with Crippen LogP contribution in [-0.4, -0.2) is 16.4 Å². The van der Waals surface area contributed by atoms with Gasteiger partial charge in [0.15, 0.2) is 0 Å². The third-order valence-electron chi connectivity index (χ3n) is 0. The normalized spacial score (nSPS) is 6.43. The summed E-state index contributed by atoms with van der Waals surface area (Å²) in [5, 5.41) is 0. The molecule has 6 N–H and O–H groups in total. The Hall–Kier alpha value is 1.83. The van der Waals surface area contributed by atoms with Crippen molar-refractivity contribution in [3.8, 4) is 0 Å². The molecule has 0 aliphatic heterocycles. The van der Waals surface area contributed by atoms with E-state index >= 15 is 0 Å². The molecule has 0 rings (SSSR count). The van der Waals surface area contributed by atoms with Crippen molar-refractivity contribution in [3.63, 3.8) is 0 Å². The molecule has 7 heteroatoms. The Balaban J connectivity index is -0.0000000150. The van der Waals surface area contributed by atoms with Gasteiger partial charge in [0.1, 0.15) is 0 Å². The van der Waals surface area contributed by atoms with Gasteiger partial charge in [-0.25, -0.2) is 0 Å². The van der Waals surface area contributed by atoms with Crippen molar-refractivity contribution in [2.75, 3.05) is 0 Å². The van der Waals surface area contributed by atoms with Crippen molar-refractivity contribution in [1.29, 1.82) is 0 Å². The summed E-state index contributed by atoms with van der Waals surface area (Å²) in [5.74, 6) is 0. The molecule has 0 saturated carbocycles. The second-order valence-corrected chi connectivity index (χ2v) is 15.9. The summed E-state index contributed by atoms with van der Waals surface area (Å²) in [6.45, 7) is 0. The topological polar surface area (TPSA) is 94.5 Å². The molecule has 0 radical (unpaired) electrons. The second-order valence-electron chi connectivity index (χ2n) is 0.143. The molecular weight excluding hydrogens is 347 g/mol. The first kappa shape index (κ1) is 23.2. The Bertz CT molecular complexity index is 14.9.